The first-order chi connectivity index (χ1) is 8.99. The Morgan fingerprint density at radius 3 is 2.63 bits per heavy atom. The van der Waals surface area contributed by atoms with Gasteiger partial charge in [-0.15, -0.1) is 0 Å². The van der Waals surface area contributed by atoms with Crippen molar-refractivity contribution in [3.05, 3.63) is 29.6 Å². The number of carbonyl (C=O) groups is 2. The number of carbonyl (C=O) groups excluding carboxylic acids is 1. The number of ether oxygens (including phenoxy) is 1. The van der Waals surface area contributed by atoms with Crippen LogP contribution >= 0.6 is 0 Å². The van der Waals surface area contributed by atoms with Crippen molar-refractivity contribution in [3.63, 3.8) is 0 Å². The lowest BCUT2D eigenvalue weighted by atomic mass is 10.1. The summed E-state index contributed by atoms with van der Waals surface area (Å²) in [7, 11) is 1.32. The zero-order valence-electron chi connectivity index (χ0n) is 10.8. The number of hydrogen-bond donors (Lipinski definition) is 2. The van der Waals surface area contributed by atoms with Gasteiger partial charge in [0.25, 0.3) is 5.91 Å². The molecule has 1 aromatic carbocycles. The van der Waals surface area contributed by atoms with E-state index in [4.69, 9.17) is 9.84 Å². The van der Waals surface area contributed by atoms with Gasteiger partial charge in [-0.2, -0.15) is 0 Å². The standard InChI is InChI=1S/C13H16FNO4/c1-3-4-10(13(17)18)15-12(16)8-5-6-11(19-2)9(14)7-8/h5-7,10H,3-4H2,1-2H3,(H,15,16)(H,17,18)/t10-/m1/s1. The number of aliphatic carboxylic acids is 1. The van der Waals surface area contributed by atoms with E-state index in [9.17, 15) is 14.0 Å². The average molecular weight is 269 g/mol. The Morgan fingerprint density at radius 2 is 2.16 bits per heavy atom. The van der Waals surface area contributed by atoms with Crippen LogP contribution in [0.2, 0.25) is 0 Å². The second-order valence-corrected chi connectivity index (χ2v) is 4.00. The summed E-state index contributed by atoms with van der Waals surface area (Å²) in [6, 6.07) is 2.74. The van der Waals surface area contributed by atoms with Gasteiger partial charge < -0.3 is 15.2 Å². The molecule has 1 rings (SSSR count). The molecule has 0 spiro atoms. The summed E-state index contributed by atoms with van der Waals surface area (Å²) in [5, 5.41) is 11.3. The van der Waals surface area contributed by atoms with Crippen LogP contribution in [0.25, 0.3) is 0 Å². The molecule has 104 valence electrons. The SMILES string of the molecule is CCC[C@@H](NC(=O)c1ccc(OC)c(F)c1)C(=O)O. The normalized spacial score (nSPS) is 11.7. The monoisotopic (exact) mass is 269 g/mol. The molecule has 0 heterocycles. The number of halogens is 1. The zero-order valence-corrected chi connectivity index (χ0v) is 10.8. The number of carboxylic acids is 1. The Kier molecular flexibility index (Phi) is 5.29. The van der Waals surface area contributed by atoms with Gasteiger partial charge in [0.05, 0.1) is 7.11 Å². The number of benzene rings is 1. The van der Waals surface area contributed by atoms with Crippen LogP contribution in [-0.2, 0) is 4.79 Å². The molecule has 1 atom stereocenters. The highest BCUT2D eigenvalue weighted by molar-refractivity contribution is 5.96. The molecule has 0 fully saturated rings. The smallest absolute Gasteiger partial charge is 0.326 e. The number of carboxylic acid groups (broad SMARTS) is 1. The summed E-state index contributed by atoms with van der Waals surface area (Å²) in [6.45, 7) is 1.81. The second-order valence-electron chi connectivity index (χ2n) is 4.00. The summed E-state index contributed by atoms with van der Waals surface area (Å²) in [5.41, 5.74) is 0.0562. The summed E-state index contributed by atoms with van der Waals surface area (Å²) in [5.74, 6) is -2.37. The molecule has 0 saturated heterocycles. The van der Waals surface area contributed by atoms with Crippen molar-refractivity contribution in [3.8, 4) is 5.75 Å². The van der Waals surface area contributed by atoms with Crippen LogP contribution in [0, 0.1) is 5.82 Å². The van der Waals surface area contributed by atoms with Crippen molar-refractivity contribution in [1.82, 2.24) is 5.32 Å². The minimum Gasteiger partial charge on any atom is -0.494 e. The molecule has 0 bridgehead atoms. The third-order valence-electron chi connectivity index (χ3n) is 2.59. The lowest BCUT2D eigenvalue weighted by Gasteiger charge is -2.13. The van der Waals surface area contributed by atoms with Gasteiger partial charge in [0, 0.05) is 5.56 Å². The van der Waals surface area contributed by atoms with Crippen LogP contribution in [0.5, 0.6) is 5.75 Å². The van der Waals surface area contributed by atoms with Crippen LogP contribution < -0.4 is 10.1 Å². The fourth-order valence-corrected chi connectivity index (χ4v) is 1.60. The molecule has 0 radical (unpaired) electrons. The number of nitrogens with one attached hydrogen (secondary N) is 1. The quantitative estimate of drug-likeness (QED) is 0.826. The summed E-state index contributed by atoms with van der Waals surface area (Å²) < 4.78 is 18.2. The molecule has 1 amide bonds. The first kappa shape index (κ1) is 14.9. The van der Waals surface area contributed by atoms with Gasteiger partial charge in [0.1, 0.15) is 6.04 Å². The summed E-state index contributed by atoms with van der Waals surface area (Å²) in [4.78, 5) is 22.7. The first-order valence-corrected chi connectivity index (χ1v) is 5.86. The molecular weight excluding hydrogens is 253 g/mol. The molecular formula is C13H16FNO4. The second kappa shape index (κ2) is 6.72. The molecule has 6 heteroatoms. The summed E-state index contributed by atoms with van der Waals surface area (Å²) >= 11 is 0. The van der Waals surface area contributed by atoms with E-state index in [1.54, 1.807) is 0 Å². The number of hydrogen-bond acceptors (Lipinski definition) is 3. The topological polar surface area (TPSA) is 75.6 Å². The third-order valence-corrected chi connectivity index (χ3v) is 2.59. The zero-order chi connectivity index (χ0) is 14.4. The Balaban J connectivity index is 2.82. The number of rotatable bonds is 6. The third kappa shape index (κ3) is 3.94. The first-order valence-electron chi connectivity index (χ1n) is 5.86. The van der Waals surface area contributed by atoms with Crippen LogP contribution in [0.15, 0.2) is 18.2 Å². The van der Waals surface area contributed by atoms with E-state index < -0.39 is 23.7 Å². The van der Waals surface area contributed by atoms with Gasteiger partial charge in [-0.05, 0) is 24.6 Å². The lowest BCUT2D eigenvalue weighted by molar-refractivity contribution is -0.139. The molecule has 0 aliphatic carbocycles. The molecule has 19 heavy (non-hydrogen) atoms. The van der Waals surface area contributed by atoms with Crippen LogP contribution in [0.4, 0.5) is 4.39 Å². The lowest BCUT2D eigenvalue weighted by Crippen LogP contribution is -2.40. The highest BCUT2D eigenvalue weighted by atomic mass is 19.1. The maximum Gasteiger partial charge on any atom is 0.326 e. The average Bonchev–Trinajstić information content (AvgIpc) is 2.37. The highest BCUT2D eigenvalue weighted by Gasteiger charge is 2.20. The predicted molar refractivity (Wildman–Crippen MR) is 66.8 cm³/mol. The van der Waals surface area contributed by atoms with Crippen LogP contribution in [0.1, 0.15) is 30.1 Å². The fourth-order valence-electron chi connectivity index (χ4n) is 1.60. The van der Waals surface area contributed by atoms with E-state index in [1.807, 2.05) is 6.92 Å². The minimum absolute atomic E-state index is 0.0277. The largest absolute Gasteiger partial charge is 0.494 e. The van der Waals surface area contributed by atoms with Crippen LogP contribution in [0.3, 0.4) is 0 Å². The van der Waals surface area contributed by atoms with Crippen molar-refractivity contribution < 1.29 is 23.8 Å². The highest BCUT2D eigenvalue weighted by Crippen LogP contribution is 2.17. The predicted octanol–water partition coefficient (Wildman–Crippen LogP) is 1.82. The molecule has 0 aliphatic rings. The van der Waals surface area contributed by atoms with Crippen molar-refractivity contribution >= 4 is 11.9 Å². The number of methoxy groups -OCH3 is 1. The van der Waals surface area contributed by atoms with Gasteiger partial charge in [-0.25, -0.2) is 9.18 Å². The van der Waals surface area contributed by atoms with Crippen molar-refractivity contribution in [1.29, 1.82) is 0 Å². The Labute approximate surface area is 110 Å². The molecule has 2 N–H and O–H groups in total. The number of amides is 1. The van der Waals surface area contributed by atoms with Gasteiger partial charge >= 0.3 is 5.97 Å². The van der Waals surface area contributed by atoms with Gasteiger partial charge in [0.2, 0.25) is 0 Å². The van der Waals surface area contributed by atoms with E-state index in [0.29, 0.717) is 12.8 Å². The Hall–Kier alpha value is -2.11. The Morgan fingerprint density at radius 1 is 1.47 bits per heavy atom. The van der Waals surface area contributed by atoms with E-state index in [2.05, 4.69) is 5.32 Å². The maximum absolute atomic E-state index is 13.4. The summed E-state index contributed by atoms with van der Waals surface area (Å²) in [6.07, 6.45) is 0.938. The van der Waals surface area contributed by atoms with Crippen molar-refractivity contribution in [2.75, 3.05) is 7.11 Å². The Bertz CT molecular complexity index is 476. The van der Waals surface area contributed by atoms with E-state index in [1.165, 1.54) is 19.2 Å². The van der Waals surface area contributed by atoms with Crippen LogP contribution in [-0.4, -0.2) is 30.1 Å². The molecule has 1 aromatic rings. The van der Waals surface area contributed by atoms with E-state index in [0.717, 1.165) is 6.07 Å². The molecule has 0 saturated carbocycles. The van der Waals surface area contributed by atoms with E-state index in [-0.39, 0.29) is 11.3 Å². The van der Waals surface area contributed by atoms with Gasteiger partial charge in [0.15, 0.2) is 11.6 Å². The minimum atomic E-state index is -1.11. The van der Waals surface area contributed by atoms with Gasteiger partial charge in [-0.3, -0.25) is 4.79 Å². The fraction of sp³-hybridized carbons (Fsp3) is 0.385. The molecule has 0 unspecified atom stereocenters. The van der Waals surface area contributed by atoms with E-state index >= 15 is 0 Å². The molecule has 5 nitrogen and oxygen atoms in total. The van der Waals surface area contributed by atoms with Crippen molar-refractivity contribution in [2.24, 2.45) is 0 Å². The maximum atomic E-state index is 13.4. The van der Waals surface area contributed by atoms with Gasteiger partial charge in [-0.1, -0.05) is 13.3 Å². The molecule has 0 aliphatic heterocycles. The molecule has 0 aromatic heterocycles. The van der Waals surface area contributed by atoms with Crippen molar-refractivity contribution in [2.45, 2.75) is 25.8 Å².